The number of hydrogen-bond acceptors (Lipinski definition) is 3. The molecule has 3 aromatic carbocycles. The van der Waals surface area contributed by atoms with E-state index in [2.05, 4.69) is 0 Å². The van der Waals surface area contributed by atoms with Crippen molar-refractivity contribution in [2.75, 3.05) is 0 Å². The predicted octanol–water partition coefficient (Wildman–Crippen LogP) is 5.41. The second-order valence-electron chi connectivity index (χ2n) is 5.89. The van der Waals surface area contributed by atoms with Gasteiger partial charge in [-0.3, -0.25) is 0 Å². The van der Waals surface area contributed by atoms with E-state index in [0.29, 0.717) is 27.3 Å². The van der Waals surface area contributed by atoms with E-state index in [-0.39, 0.29) is 17.2 Å². The number of aryl methyl sites for hydroxylation is 2. The van der Waals surface area contributed by atoms with Gasteiger partial charge in [0.1, 0.15) is 17.2 Å². The van der Waals surface area contributed by atoms with E-state index in [0.717, 1.165) is 11.1 Å². The fourth-order valence-corrected chi connectivity index (χ4v) is 2.96. The molecule has 0 aromatic heterocycles. The van der Waals surface area contributed by atoms with Gasteiger partial charge < -0.3 is 15.3 Å². The van der Waals surface area contributed by atoms with Crippen molar-refractivity contribution >= 4 is 11.6 Å². The molecule has 0 saturated heterocycles. The number of benzene rings is 3. The first-order chi connectivity index (χ1) is 11.4. The Hall–Kier alpha value is -2.65. The molecular weight excluding hydrogens is 324 g/mol. The summed E-state index contributed by atoms with van der Waals surface area (Å²) >= 11 is 6.23. The van der Waals surface area contributed by atoms with Crippen molar-refractivity contribution in [2.24, 2.45) is 0 Å². The Morgan fingerprint density at radius 2 is 1.04 bits per heavy atom. The van der Waals surface area contributed by atoms with E-state index in [1.54, 1.807) is 48.5 Å². The molecule has 0 aliphatic rings. The number of aromatic hydroxyl groups is 3. The molecule has 0 radical (unpaired) electrons. The lowest BCUT2D eigenvalue weighted by atomic mass is 9.94. The fourth-order valence-electron chi connectivity index (χ4n) is 2.74. The van der Waals surface area contributed by atoms with Gasteiger partial charge in [-0.1, -0.05) is 34.9 Å². The summed E-state index contributed by atoms with van der Waals surface area (Å²) in [5.41, 5.74) is 3.70. The first kappa shape index (κ1) is 16.2. The van der Waals surface area contributed by atoms with Gasteiger partial charge in [0.25, 0.3) is 0 Å². The summed E-state index contributed by atoms with van der Waals surface area (Å²) in [6, 6.07) is 13.5. The van der Waals surface area contributed by atoms with Crippen LogP contribution in [0.1, 0.15) is 11.1 Å². The van der Waals surface area contributed by atoms with Crippen LogP contribution in [0.15, 0.2) is 48.5 Å². The summed E-state index contributed by atoms with van der Waals surface area (Å²) in [4.78, 5) is 0. The van der Waals surface area contributed by atoms with Gasteiger partial charge in [-0.2, -0.15) is 0 Å². The zero-order valence-electron chi connectivity index (χ0n) is 13.3. The molecule has 3 N–H and O–H groups in total. The number of rotatable bonds is 2. The van der Waals surface area contributed by atoms with Crippen LogP contribution in [0.5, 0.6) is 17.2 Å². The van der Waals surface area contributed by atoms with Gasteiger partial charge in [-0.25, -0.2) is 0 Å². The number of hydrogen-bond donors (Lipinski definition) is 3. The van der Waals surface area contributed by atoms with E-state index in [4.69, 9.17) is 11.6 Å². The largest absolute Gasteiger partial charge is 0.507 e. The molecule has 122 valence electrons. The minimum atomic E-state index is -0.0406. The molecule has 0 bridgehead atoms. The third-order valence-electron chi connectivity index (χ3n) is 3.96. The Labute approximate surface area is 145 Å². The van der Waals surface area contributed by atoms with Crippen molar-refractivity contribution < 1.29 is 15.3 Å². The van der Waals surface area contributed by atoms with E-state index in [9.17, 15) is 15.3 Å². The van der Waals surface area contributed by atoms with Crippen molar-refractivity contribution in [2.45, 2.75) is 13.8 Å². The summed E-state index contributed by atoms with van der Waals surface area (Å²) < 4.78 is 0. The third-order valence-corrected chi connectivity index (χ3v) is 4.18. The van der Waals surface area contributed by atoms with Gasteiger partial charge in [0.2, 0.25) is 0 Å². The molecule has 24 heavy (non-hydrogen) atoms. The van der Waals surface area contributed by atoms with Crippen LogP contribution in [0, 0.1) is 13.8 Å². The molecule has 0 atom stereocenters. The first-order valence-corrected chi connectivity index (χ1v) is 7.87. The SMILES string of the molecule is Cc1ccc(O)c(-c2cc(Cl)cc(-c3cc(C)ccc3O)c2O)c1. The highest BCUT2D eigenvalue weighted by molar-refractivity contribution is 6.31. The van der Waals surface area contributed by atoms with Crippen LogP contribution in [0.3, 0.4) is 0 Å². The van der Waals surface area contributed by atoms with Crippen molar-refractivity contribution in [3.8, 4) is 39.5 Å². The second kappa shape index (κ2) is 6.10. The minimum Gasteiger partial charge on any atom is -0.507 e. The van der Waals surface area contributed by atoms with Crippen LogP contribution in [0.2, 0.25) is 5.02 Å². The molecule has 3 aromatic rings. The second-order valence-corrected chi connectivity index (χ2v) is 6.33. The summed E-state index contributed by atoms with van der Waals surface area (Å²) in [7, 11) is 0. The fraction of sp³-hybridized carbons (Fsp3) is 0.100. The summed E-state index contributed by atoms with van der Waals surface area (Å²) in [6.45, 7) is 3.80. The number of halogens is 1. The Bertz CT molecular complexity index is 860. The zero-order chi connectivity index (χ0) is 17.4. The van der Waals surface area contributed by atoms with E-state index in [1.807, 2.05) is 13.8 Å². The minimum absolute atomic E-state index is 0.0406. The Kier molecular flexibility index (Phi) is 4.12. The molecule has 0 unspecified atom stereocenters. The lowest BCUT2D eigenvalue weighted by Crippen LogP contribution is -1.88. The Balaban J connectivity index is 2.30. The van der Waals surface area contributed by atoms with Gasteiger partial charge in [0.05, 0.1) is 0 Å². The van der Waals surface area contributed by atoms with Crippen molar-refractivity contribution in [3.63, 3.8) is 0 Å². The highest BCUT2D eigenvalue weighted by Gasteiger charge is 2.17. The number of phenols is 3. The molecule has 3 nitrogen and oxygen atoms in total. The van der Waals surface area contributed by atoms with Crippen molar-refractivity contribution in [3.05, 3.63) is 64.7 Å². The Morgan fingerprint density at radius 3 is 1.46 bits per heavy atom. The van der Waals surface area contributed by atoms with E-state index < -0.39 is 0 Å². The third kappa shape index (κ3) is 2.91. The first-order valence-electron chi connectivity index (χ1n) is 7.49. The predicted molar refractivity (Wildman–Crippen MR) is 96.8 cm³/mol. The summed E-state index contributed by atoms with van der Waals surface area (Å²) in [5, 5.41) is 31.5. The quantitative estimate of drug-likeness (QED) is 0.584. The highest BCUT2D eigenvalue weighted by Crippen LogP contribution is 2.45. The van der Waals surface area contributed by atoms with Crippen LogP contribution in [0.4, 0.5) is 0 Å². The highest BCUT2D eigenvalue weighted by atomic mass is 35.5. The average Bonchev–Trinajstić information content (AvgIpc) is 2.54. The van der Waals surface area contributed by atoms with Crippen LogP contribution in [0.25, 0.3) is 22.3 Å². The van der Waals surface area contributed by atoms with Gasteiger partial charge in [0, 0.05) is 27.3 Å². The monoisotopic (exact) mass is 340 g/mol. The molecule has 3 rings (SSSR count). The summed E-state index contributed by atoms with van der Waals surface area (Å²) in [5.74, 6) is 0.0661. The van der Waals surface area contributed by atoms with Crippen LogP contribution in [-0.4, -0.2) is 15.3 Å². The smallest absolute Gasteiger partial charge is 0.131 e. The maximum Gasteiger partial charge on any atom is 0.131 e. The van der Waals surface area contributed by atoms with Crippen LogP contribution >= 0.6 is 11.6 Å². The molecule has 0 amide bonds. The maximum atomic E-state index is 10.8. The normalized spacial score (nSPS) is 10.8. The molecule has 0 fully saturated rings. The van der Waals surface area contributed by atoms with Gasteiger partial charge >= 0.3 is 0 Å². The van der Waals surface area contributed by atoms with E-state index in [1.165, 1.54) is 0 Å². The molecule has 0 aliphatic heterocycles. The Morgan fingerprint density at radius 1 is 0.625 bits per heavy atom. The zero-order valence-corrected chi connectivity index (χ0v) is 14.1. The molecule has 0 saturated carbocycles. The average molecular weight is 341 g/mol. The van der Waals surface area contributed by atoms with Crippen LogP contribution < -0.4 is 0 Å². The topological polar surface area (TPSA) is 60.7 Å². The molecule has 0 spiro atoms. The number of phenolic OH excluding ortho intramolecular Hbond substituents is 3. The van der Waals surface area contributed by atoms with Gasteiger partial charge in [0.15, 0.2) is 0 Å². The molecule has 0 aliphatic carbocycles. The standard InChI is InChI=1S/C20H17ClO3/c1-11-3-5-18(22)14(7-11)16-9-13(21)10-17(20(16)24)15-8-12(2)4-6-19(15)23/h3-10,22-24H,1-2H3. The maximum absolute atomic E-state index is 10.8. The summed E-state index contributed by atoms with van der Waals surface area (Å²) in [6.07, 6.45) is 0. The van der Waals surface area contributed by atoms with Crippen molar-refractivity contribution in [1.29, 1.82) is 0 Å². The van der Waals surface area contributed by atoms with Crippen LogP contribution in [-0.2, 0) is 0 Å². The lowest BCUT2D eigenvalue weighted by Gasteiger charge is -2.14. The van der Waals surface area contributed by atoms with Gasteiger partial charge in [-0.15, -0.1) is 0 Å². The lowest BCUT2D eigenvalue weighted by molar-refractivity contribution is 0.467. The van der Waals surface area contributed by atoms with E-state index >= 15 is 0 Å². The van der Waals surface area contributed by atoms with Crippen molar-refractivity contribution in [1.82, 2.24) is 0 Å². The van der Waals surface area contributed by atoms with Gasteiger partial charge in [-0.05, 0) is 50.2 Å². The molecule has 4 heteroatoms. The molecule has 0 heterocycles. The molecular formula is C20H17ClO3.